The van der Waals surface area contributed by atoms with Crippen LogP contribution in [0.15, 0.2) is 48.7 Å². The Morgan fingerprint density at radius 3 is 2.59 bits per heavy atom. The van der Waals surface area contributed by atoms with Crippen LogP contribution < -0.4 is 0 Å². The number of nitrogens with zero attached hydrogens (tertiary/aromatic N) is 5. The molecule has 0 saturated carbocycles. The molecule has 1 aromatic heterocycles. The lowest BCUT2D eigenvalue weighted by molar-refractivity contribution is 0.0593. The number of fused-ring (bicyclic) bond motifs is 1. The van der Waals surface area contributed by atoms with E-state index in [0.717, 1.165) is 32.7 Å². The van der Waals surface area contributed by atoms with Gasteiger partial charge in [0.1, 0.15) is 0 Å². The summed E-state index contributed by atoms with van der Waals surface area (Å²) in [5.41, 5.74) is 1.62. The van der Waals surface area contributed by atoms with Crippen molar-refractivity contribution in [3.05, 3.63) is 59.9 Å². The Kier molecular flexibility index (Phi) is 5.13. The molecule has 0 bridgehead atoms. The first kappa shape index (κ1) is 17.6. The zero-order valence-electron chi connectivity index (χ0n) is 15.4. The molecule has 1 fully saturated rings. The fraction of sp³-hybridized carbons (Fsp3) is 0.350. The SMILES string of the molecule is COC(=O)c1cn(CN2CCN(Cc3cccc4ccccc34)CC2)nn1. The molecule has 0 unspecified atom stereocenters. The van der Waals surface area contributed by atoms with Gasteiger partial charge >= 0.3 is 5.97 Å². The molecule has 140 valence electrons. The molecule has 0 N–H and O–H groups in total. The lowest BCUT2D eigenvalue weighted by Gasteiger charge is -2.34. The van der Waals surface area contributed by atoms with Crippen molar-refractivity contribution in [2.45, 2.75) is 13.2 Å². The molecule has 0 radical (unpaired) electrons. The maximum absolute atomic E-state index is 11.5. The molecule has 3 aromatic rings. The third-order valence-corrected chi connectivity index (χ3v) is 5.02. The quantitative estimate of drug-likeness (QED) is 0.645. The Balaban J connectivity index is 1.34. The summed E-state index contributed by atoms with van der Waals surface area (Å²) in [7, 11) is 1.34. The predicted octanol–water partition coefficient (Wildman–Crippen LogP) is 1.99. The number of esters is 1. The molecule has 2 heterocycles. The molecular weight excluding hydrogens is 342 g/mol. The molecule has 0 atom stereocenters. The summed E-state index contributed by atoms with van der Waals surface area (Å²) in [5.74, 6) is -0.457. The Bertz CT molecular complexity index is 926. The van der Waals surface area contributed by atoms with E-state index in [0.29, 0.717) is 6.67 Å². The van der Waals surface area contributed by atoms with Gasteiger partial charge in [0.2, 0.25) is 0 Å². The molecule has 0 aliphatic carbocycles. The van der Waals surface area contributed by atoms with Crippen molar-refractivity contribution in [2.24, 2.45) is 0 Å². The summed E-state index contributed by atoms with van der Waals surface area (Å²) in [6.07, 6.45) is 1.63. The lowest BCUT2D eigenvalue weighted by Crippen LogP contribution is -2.46. The Labute approximate surface area is 158 Å². The fourth-order valence-electron chi connectivity index (χ4n) is 3.53. The number of benzene rings is 2. The summed E-state index contributed by atoms with van der Waals surface area (Å²) in [6.45, 7) is 5.51. The van der Waals surface area contributed by atoms with Crippen molar-refractivity contribution in [1.29, 1.82) is 0 Å². The summed E-state index contributed by atoms with van der Waals surface area (Å²) < 4.78 is 6.35. The van der Waals surface area contributed by atoms with Crippen molar-refractivity contribution in [3.63, 3.8) is 0 Å². The van der Waals surface area contributed by atoms with Gasteiger partial charge in [-0.3, -0.25) is 9.80 Å². The summed E-state index contributed by atoms with van der Waals surface area (Å²) in [6, 6.07) is 15.1. The first-order valence-corrected chi connectivity index (χ1v) is 9.13. The number of carbonyl (C=O) groups is 1. The fourth-order valence-corrected chi connectivity index (χ4v) is 3.53. The maximum Gasteiger partial charge on any atom is 0.360 e. The number of methoxy groups -OCH3 is 1. The summed E-state index contributed by atoms with van der Waals surface area (Å²) in [4.78, 5) is 16.3. The first-order chi connectivity index (χ1) is 13.2. The topological polar surface area (TPSA) is 63.5 Å². The average molecular weight is 365 g/mol. The molecular formula is C20H23N5O2. The van der Waals surface area contributed by atoms with E-state index in [1.807, 2.05) is 0 Å². The highest BCUT2D eigenvalue weighted by molar-refractivity contribution is 5.86. The van der Waals surface area contributed by atoms with Crippen LogP contribution in [0.25, 0.3) is 10.8 Å². The van der Waals surface area contributed by atoms with Crippen LogP contribution in [0, 0.1) is 0 Å². The molecule has 1 aliphatic rings. The van der Waals surface area contributed by atoms with Gasteiger partial charge < -0.3 is 4.74 Å². The normalized spacial score (nSPS) is 15.9. The van der Waals surface area contributed by atoms with Gasteiger partial charge in [0.15, 0.2) is 5.69 Å². The van der Waals surface area contributed by atoms with Crippen LogP contribution in [-0.2, 0) is 18.0 Å². The molecule has 1 saturated heterocycles. The van der Waals surface area contributed by atoms with Gasteiger partial charge in [-0.2, -0.15) is 0 Å². The van der Waals surface area contributed by atoms with E-state index >= 15 is 0 Å². The van der Waals surface area contributed by atoms with E-state index in [1.165, 1.54) is 23.4 Å². The molecule has 4 rings (SSSR count). The number of rotatable bonds is 5. The van der Waals surface area contributed by atoms with Gasteiger partial charge in [0.25, 0.3) is 0 Å². The predicted molar refractivity (Wildman–Crippen MR) is 102 cm³/mol. The van der Waals surface area contributed by atoms with Crippen molar-refractivity contribution in [2.75, 3.05) is 33.3 Å². The highest BCUT2D eigenvalue weighted by atomic mass is 16.5. The molecule has 7 heteroatoms. The monoisotopic (exact) mass is 365 g/mol. The summed E-state index contributed by atoms with van der Waals surface area (Å²) in [5, 5.41) is 10.5. The van der Waals surface area contributed by atoms with Crippen LogP contribution in [-0.4, -0.2) is 64.1 Å². The Morgan fingerprint density at radius 1 is 1.04 bits per heavy atom. The number of hydrogen-bond donors (Lipinski definition) is 0. The summed E-state index contributed by atoms with van der Waals surface area (Å²) >= 11 is 0. The van der Waals surface area contributed by atoms with E-state index < -0.39 is 5.97 Å². The number of carbonyl (C=O) groups excluding carboxylic acids is 1. The van der Waals surface area contributed by atoms with Gasteiger partial charge in [0.05, 0.1) is 20.0 Å². The van der Waals surface area contributed by atoms with Gasteiger partial charge in [-0.05, 0) is 16.3 Å². The van der Waals surface area contributed by atoms with Crippen molar-refractivity contribution < 1.29 is 9.53 Å². The van der Waals surface area contributed by atoms with Gasteiger partial charge in [0, 0.05) is 32.7 Å². The molecule has 0 spiro atoms. The third-order valence-electron chi connectivity index (χ3n) is 5.02. The standard InChI is InChI=1S/C20H23N5O2/c1-27-20(26)19-14-25(22-21-19)15-24-11-9-23(10-12-24)13-17-7-4-6-16-5-2-3-8-18(16)17/h2-8,14H,9-13,15H2,1H3. The zero-order valence-corrected chi connectivity index (χ0v) is 15.4. The average Bonchev–Trinajstić information content (AvgIpc) is 3.18. The second kappa shape index (κ2) is 7.85. The van der Waals surface area contributed by atoms with Gasteiger partial charge in [-0.25, -0.2) is 9.48 Å². The first-order valence-electron chi connectivity index (χ1n) is 9.13. The molecule has 27 heavy (non-hydrogen) atoms. The second-order valence-electron chi connectivity index (χ2n) is 6.81. The van der Waals surface area contributed by atoms with Crippen LogP contribution >= 0.6 is 0 Å². The number of hydrogen-bond acceptors (Lipinski definition) is 6. The molecule has 0 amide bonds. The molecule has 7 nitrogen and oxygen atoms in total. The van der Waals surface area contributed by atoms with E-state index in [2.05, 4.69) is 67.3 Å². The van der Waals surface area contributed by atoms with Crippen molar-refractivity contribution in [1.82, 2.24) is 24.8 Å². The minimum absolute atomic E-state index is 0.243. The molecule has 1 aliphatic heterocycles. The van der Waals surface area contributed by atoms with Crippen LogP contribution in [0.4, 0.5) is 0 Å². The highest BCUT2D eigenvalue weighted by Crippen LogP contribution is 2.20. The largest absolute Gasteiger partial charge is 0.464 e. The maximum atomic E-state index is 11.5. The number of piperazine rings is 1. The number of ether oxygens (including phenoxy) is 1. The second-order valence-corrected chi connectivity index (χ2v) is 6.81. The van der Waals surface area contributed by atoms with Crippen LogP contribution in [0.1, 0.15) is 16.1 Å². The lowest BCUT2D eigenvalue weighted by atomic mass is 10.0. The third kappa shape index (κ3) is 3.99. The number of aromatic nitrogens is 3. The molecule has 2 aromatic carbocycles. The Hall–Kier alpha value is -2.77. The van der Waals surface area contributed by atoms with Crippen LogP contribution in [0.5, 0.6) is 0 Å². The van der Waals surface area contributed by atoms with E-state index in [4.69, 9.17) is 0 Å². The minimum atomic E-state index is -0.457. The van der Waals surface area contributed by atoms with E-state index in [9.17, 15) is 4.79 Å². The van der Waals surface area contributed by atoms with E-state index in [-0.39, 0.29) is 5.69 Å². The van der Waals surface area contributed by atoms with Crippen LogP contribution in [0.2, 0.25) is 0 Å². The van der Waals surface area contributed by atoms with Gasteiger partial charge in [-0.15, -0.1) is 5.10 Å². The van der Waals surface area contributed by atoms with Gasteiger partial charge in [-0.1, -0.05) is 47.7 Å². The highest BCUT2D eigenvalue weighted by Gasteiger charge is 2.19. The van der Waals surface area contributed by atoms with E-state index in [1.54, 1.807) is 10.9 Å². The minimum Gasteiger partial charge on any atom is -0.464 e. The van der Waals surface area contributed by atoms with Crippen molar-refractivity contribution in [3.8, 4) is 0 Å². The zero-order chi connectivity index (χ0) is 18.6. The van der Waals surface area contributed by atoms with Crippen molar-refractivity contribution >= 4 is 16.7 Å². The van der Waals surface area contributed by atoms with Crippen LogP contribution in [0.3, 0.4) is 0 Å². The Morgan fingerprint density at radius 2 is 1.78 bits per heavy atom. The smallest absolute Gasteiger partial charge is 0.360 e.